The summed E-state index contributed by atoms with van der Waals surface area (Å²) in [5.74, 6) is -1.60. The van der Waals surface area contributed by atoms with Gasteiger partial charge in [-0.3, -0.25) is 9.48 Å². The van der Waals surface area contributed by atoms with Crippen LogP contribution in [-0.2, 0) is 11.3 Å². The first-order valence-electron chi connectivity index (χ1n) is 5.18. The molecule has 1 aromatic rings. The Morgan fingerprint density at radius 1 is 1.59 bits per heavy atom. The van der Waals surface area contributed by atoms with Crippen molar-refractivity contribution in [2.24, 2.45) is 5.92 Å². The molecule has 1 fully saturated rings. The minimum atomic E-state index is -4.84. The SMILES string of the molecule is O=C(c1cnn(C[C@@H]2CCOC2)c1)C(F)(F)F. The van der Waals surface area contributed by atoms with Gasteiger partial charge in [0.15, 0.2) is 0 Å². The molecule has 0 unspecified atom stereocenters. The Kier molecular flexibility index (Phi) is 3.19. The second kappa shape index (κ2) is 4.48. The maximum atomic E-state index is 12.1. The zero-order chi connectivity index (χ0) is 12.5. The number of carbonyl (C=O) groups excluding carboxylic acids is 1. The molecule has 2 rings (SSSR count). The molecule has 0 aliphatic carbocycles. The van der Waals surface area contributed by atoms with Crippen LogP contribution in [0.2, 0.25) is 0 Å². The lowest BCUT2D eigenvalue weighted by Crippen LogP contribution is -2.22. The Bertz CT molecular complexity index is 408. The van der Waals surface area contributed by atoms with E-state index in [1.807, 2.05) is 0 Å². The van der Waals surface area contributed by atoms with Crippen molar-refractivity contribution in [3.05, 3.63) is 18.0 Å². The van der Waals surface area contributed by atoms with Gasteiger partial charge in [0.1, 0.15) is 0 Å². The molecule has 0 spiro atoms. The first-order chi connectivity index (χ1) is 7.97. The average Bonchev–Trinajstić information content (AvgIpc) is 2.87. The summed E-state index contributed by atoms with van der Waals surface area (Å²) in [6, 6.07) is 0. The molecule has 1 saturated heterocycles. The predicted molar refractivity (Wildman–Crippen MR) is 51.5 cm³/mol. The number of ether oxygens (including phenoxy) is 1. The molecule has 2 heterocycles. The fourth-order valence-electron chi connectivity index (χ4n) is 1.74. The molecule has 0 amide bonds. The number of nitrogens with zero attached hydrogens (tertiary/aromatic N) is 2. The van der Waals surface area contributed by atoms with E-state index in [1.165, 1.54) is 4.68 Å². The van der Waals surface area contributed by atoms with E-state index in [2.05, 4.69) is 5.10 Å². The summed E-state index contributed by atoms with van der Waals surface area (Å²) >= 11 is 0. The third-order valence-electron chi connectivity index (χ3n) is 2.62. The fourth-order valence-corrected chi connectivity index (χ4v) is 1.74. The van der Waals surface area contributed by atoms with Crippen LogP contribution in [0.4, 0.5) is 13.2 Å². The maximum absolute atomic E-state index is 12.1. The van der Waals surface area contributed by atoms with Crippen LogP contribution >= 0.6 is 0 Å². The lowest BCUT2D eigenvalue weighted by Gasteiger charge is -2.06. The lowest BCUT2D eigenvalue weighted by atomic mass is 10.1. The van der Waals surface area contributed by atoms with E-state index < -0.39 is 17.5 Å². The Morgan fingerprint density at radius 2 is 2.35 bits per heavy atom. The number of Topliss-reactive ketones (excluding diaryl/α,β-unsaturated/α-hetero) is 1. The number of ketones is 1. The van der Waals surface area contributed by atoms with Crippen LogP contribution < -0.4 is 0 Å². The summed E-state index contributed by atoms with van der Waals surface area (Å²) in [4.78, 5) is 10.9. The van der Waals surface area contributed by atoms with E-state index in [0.717, 1.165) is 18.8 Å². The van der Waals surface area contributed by atoms with Gasteiger partial charge in [-0.25, -0.2) is 0 Å². The fraction of sp³-hybridized carbons (Fsp3) is 0.600. The van der Waals surface area contributed by atoms with Gasteiger partial charge in [-0.2, -0.15) is 18.3 Å². The number of alkyl halides is 3. The number of carbonyl (C=O) groups is 1. The Morgan fingerprint density at radius 3 is 2.94 bits per heavy atom. The zero-order valence-corrected chi connectivity index (χ0v) is 8.91. The summed E-state index contributed by atoms with van der Waals surface area (Å²) in [5, 5.41) is 3.75. The first kappa shape index (κ1) is 12.1. The Balaban J connectivity index is 2.02. The van der Waals surface area contributed by atoms with E-state index in [0.29, 0.717) is 19.8 Å². The van der Waals surface area contributed by atoms with Gasteiger partial charge in [0, 0.05) is 25.3 Å². The summed E-state index contributed by atoms with van der Waals surface area (Å²) in [6.07, 6.45) is -1.90. The molecular formula is C10H11F3N2O2. The number of aromatic nitrogens is 2. The summed E-state index contributed by atoms with van der Waals surface area (Å²) < 4.78 is 42.9. The van der Waals surface area contributed by atoms with Crippen molar-refractivity contribution in [1.82, 2.24) is 9.78 Å². The largest absolute Gasteiger partial charge is 0.454 e. The van der Waals surface area contributed by atoms with Crippen LogP contribution in [0.15, 0.2) is 12.4 Å². The predicted octanol–water partition coefficient (Wildman–Crippen LogP) is 1.66. The van der Waals surface area contributed by atoms with Crippen LogP contribution in [0.25, 0.3) is 0 Å². The first-order valence-corrected chi connectivity index (χ1v) is 5.18. The van der Waals surface area contributed by atoms with Gasteiger partial charge < -0.3 is 4.74 Å². The van der Waals surface area contributed by atoms with E-state index in [4.69, 9.17) is 4.74 Å². The van der Waals surface area contributed by atoms with Gasteiger partial charge in [-0.1, -0.05) is 0 Å². The van der Waals surface area contributed by atoms with Gasteiger partial charge in [0.25, 0.3) is 5.78 Å². The van der Waals surface area contributed by atoms with E-state index in [9.17, 15) is 18.0 Å². The van der Waals surface area contributed by atoms with Crippen LogP contribution in [0.5, 0.6) is 0 Å². The highest BCUT2D eigenvalue weighted by atomic mass is 19.4. The Hall–Kier alpha value is -1.37. The molecule has 0 aromatic carbocycles. The second-order valence-corrected chi connectivity index (χ2v) is 4.01. The number of hydrogen-bond acceptors (Lipinski definition) is 3. The molecular weight excluding hydrogens is 237 g/mol. The minimum Gasteiger partial charge on any atom is -0.381 e. The standard InChI is InChI=1S/C10H11F3N2O2/c11-10(12,13)9(16)8-3-14-15(5-8)4-7-1-2-17-6-7/h3,5,7H,1-2,4,6H2/t7-/m0/s1. The third kappa shape index (κ3) is 2.85. The van der Waals surface area contributed by atoms with E-state index in [1.54, 1.807) is 0 Å². The lowest BCUT2D eigenvalue weighted by molar-refractivity contribution is -0.0885. The zero-order valence-electron chi connectivity index (χ0n) is 8.91. The Labute approximate surface area is 95.4 Å². The maximum Gasteiger partial charge on any atom is 0.454 e. The molecule has 1 aliphatic rings. The molecule has 94 valence electrons. The van der Waals surface area contributed by atoms with Crippen molar-refractivity contribution in [3.63, 3.8) is 0 Å². The number of hydrogen-bond donors (Lipinski definition) is 0. The molecule has 1 aromatic heterocycles. The van der Waals surface area contributed by atoms with E-state index in [-0.39, 0.29) is 5.92 Å². The third-order valence-corrected chi connectivity index (χ3v) is 2.62. The molecule has 0 saturated carbocycles. The number of halogens is 3. The van der Waals surface area contributed by atoms with Crippen LogP contribution in [0, 0.1) is 5.92 Å². The quantitative estimate of drug-likeness (QED) is 0.764. The van der Waals surface area contributed by atoms with E-state index >= 15 is 0 Å². The van der Waals surface area contributed by atoms with Gasteiger partial charge in [0.05, 0.1) is 18.4 Å². The molecule has 1 atom stereocenters. The average molecular weight is 248 g/mol. The van der Waals surface area contributed by atoms with Crippen molar-refractivity contribution in [3.8, 4) is 0 Å². The molecule has 17 heavy (non-hydrogen) atoms. The second-order valence-electron chi connectivity index (χ2n) is 4.01. The molecule has 0 radical (unpaired) electrons. The van der Waals surface area contributed by atoms with Gasteiger partial charge >= 0.3 is 6.18 Å². The topological polar surface area (TPSA) is 44.1 Å². The monoisotopic (exact) mass is 248 g/mol. The smallest absolute Gasteiger partial charge is 0.381 e. The summed E-state index contributed by atoms with van der Waals surface area (Å²) in [6.45, 7) is 1.73. The van der Waals surface area contributed by atoms with Crippen LogP contribution in [-0.4, -0.2) is 35.0 Å². The van der Waals surface area contributed by atoms with Gasteiger partial charge in [-0.05, 0) is 6.42 Å². The van der Waals surface area contributed by atoms with Crippen LogP contribution in [0.1, 0.15) is 16.8 Å². The normalized spacial score (nSPS) is 20.8. The summed E-state index contributed by atoms with van der Waals surface area (Å²) in [5.41, 5.74) is -0.420. The molecule has 1 aliphatic heterocycles. The molecule has 7 heteroatoms. The highest BCUT2D eigenvalue weighted by Crippen LogP contribution is 2.21. The van der Waals surface area contributed by atoms with Crippen molar-refractivity contribution >= 4 is 5.78 Å². The molecule has 0 N–H and O–H groups in total. The number of rotatable bonds is 3. The van der Waals surface area contributed by atoms with Crippen LogP contribution in [0.3, 0.4) is 0 Å². The van der Waals surface area contributed by atoms with Gasteiger partial charge in [0.2, 0.25) is 0 Å². The van der Waals surface area contributed by atoms with Crippen molar-refractivity contribution in [2.75, 3.05) is 13.2 Å². The summed E-state index contributed by atoms with van der Waals surface area (Å²) in [7, 11) is 0. The molecule has 0 bridgehead atoms. The van der Waals surface area contributed by atoms with Crippen molar-refractivity contribution in [2.45, 2.75) is 19.1 Å². The molecule has 4 nitrogen and oxygen atoms in total. The van der Waals surface area contributed by atoms with Gasteiger partial charge in [-0.15, -0.1) is 0 Å². The van der Waals surface area contributed by atoms with Crippen molar-refractivity contribution < 1.29 is 22.7 Å². The van der Waals surface area contributed by atoms with Crippen molar-refractivity contribution in [1.29, 1.82) is 0 Å². The highest BCUT2D eigenvalue weighted by Gasteiger charge is 2.40. The highest BCUT2D eigenvalue weighted by molar-refractivity contribution is 5.99. The minimum absolute atomic E-state index is 0.253.